The first-order valence-electron chi connectivity index (χ1n) is 8.18. The van der Waals surface area contributed by atoms with Crippen molar-refractivity contribution in [3.05, 3.63) is 83.5 Å². The van der Waals surface area contributed by atoms with Crippen LogP contribution in [-0.2, 0) is 0 Å². The summed E-state index contributed by atoms with van der Waals surface area (Å²) < 4.78 is 1.92. The Hall–Kier alpha value is -3.80. The van der Waals surface area contributed by atoms with Crippen molar-refractivity contribution in [2.75, 3.05) is 0 Å². The van der Waals surface area contributed by atoms with Crippen molar-refractivity contribution in [3.8, 4) is 17.2 Å². The standard InChI is InChI=1S/C20H13N5O/c26-20-14-8-4-5-9-16(14)25(18(24-20)13-6-2-1-3-7-13)19-15-10-11-21-17(15)22-12-23-19/h1-12H,(H,21,22,23). The smallest absolute Gasteiger partial charge is 0.281 e. The van der Waals surface area contributed by atoms with Crippen molar-refractivity contribution in [1.29, 1.82) is 0 Å². The van der Waals surface area contributed by atoms with E-state index in [1.54, 1.807) is 6.07 Å². The third-order valence-corrected chi connectivity index (χ3v) is 4.37. The number of aromatic amines is 1. The van der Waals surface area contributed by atoms with Gasteiger partial charge in [0.05, 0.1) is 16.3 Å². The summed E-state index contributed by atoms with van der Waals surface area (Å²) in [4.78, 5) is 28.9. The van der Waals surface area contributed by atoms with Gasteiger partial charge in [0.1, 0.15) is 17.8 Å². The molecule has 0 saturated carbocycles. The van der Waals surface area contributed by atoms with E-state index in [-0.39, 0.29) is 5.56 Å². The molecule has 0 unspecified atom stereocenters. The lowest BCUT2D eigenvalue weighted by atomic mass is 10.1. The average Bonchev–Trinajstić information content (AvgIpc) is 3.18. The van der Waals surface area contributed by atoms with Gasteiger partial charge in [0.15, 0.2) is 5.82 Å². The van der Waals surface area contributed by atoms with Crippen LogP contribution in [0.3, 0.4) is 0 Å². The Morgan fingerprint density at radius 3 is 2.54 bits per heavy atom. The van der Waals surface area contributed by atoms with E-state index >= 15 is 0 Å². The molecule has 5 rings (SSSR count). The fourth-order valence-corrected chi connectivity index (χ4v) is 3.20. The summed E-state index contributed by atoms with van der Waals surface area (Å²) in [7, 11) is 0. The molecular formula is C20H13N5O. The monoisotopic (exact) mass is 339 g/mol. The van der Waals surface area contributed by atoms with Gasteiger partial charge in [-0.15, -0.1) is 0 Å². The first-order valence-corrected chi connectivity index (χ1v) is 8.18. The molecule has 0 atom stereocenters. The van der Waals surface area contributed by atoms with E-state index in [4.69, 9.17) is 0 Å². The lowest BCUT2D eigenvalue weighted by molar-refractivity contribution is 0.982. The Bertz CT molecular complexity index is 1300. The SMILES string of the molecule is O=c1nc(-c2ccccc2)n(-c2ncnc3[nH]ccc23)c2ccccc12. The zero-order chi connectivity index (χ0) is 17.5. The van der Waals surface area contributed by atoms with Gasteiger partial charge in [-0.25, -0.2) is 9.97 Å². The summed E-state index contributed by atoms with van der Waals surface area (Å²) in [6.45, 7) is 0. The molecule has 26 heavy (non-hydrogen) atoms. The van der Waals surface area contributed by atoms with Gasteiger partial charge >= 0.3 is 0 Å². The van der Waals surface area contributed by atoms with Gasteiger partial charge in [-0.1, -0.05) is 42.5 Å². The molecule has 0 aliphatic heterocycles. The van der Waals surface area contributed by atoms with E-state index in [1.165, 1.54) is 6.33 Å². The predicted molar refractivity (Wildman–Crippen MR) is 100 cm³/mol. The topological polar surface area (TPSA) is 76.5 Å². The summed E-state index contributed by atoms with van der Waals surface area (Å²) in [6.07, 6.45) is 3.33. The third-order valence-electron chi connectivity index (χ3n) is 4.37. The van der Waals surface area contributed by atoms with Crippen molar-refractivity contribution >= 4 is 21.9 Å². The molecule has 0 radical (unpaired) electrons. The number of hydrogen-bond acceptors (Lipinski definition) is 4. The van der Waals surface area contributed by atoms with Gasteiger partial charge in [-0.3, -0.25) is 9.36 Å². The van der Waals surface area contributed by atoms with E-state index in [1.807, 2.05) is 65.4 Å². The maximum Gasteiger partial charge on any atom is 0.281 e. The summed E-state index contributed by atoms with van der Waals surface area (Å²) in [5.74, 6) is 1.23. The maximum atomic E-state index is 12.6. The summed E-state index contributed by atoms with van der Waals surface area (Å²) in [6, 6.07) is 19.0. The van der Waals surface area contributed by atoms with E-state index < -0.39 is 0 Å². The van der Waals surface area contributed by atoms with E-state index in [0.717, 1.165) is 22.1 Å². The van der Waals surface area contributed by atoms with Crippen molar-refractivity contribution in [2.45, 2.75) is 0 Å². The molecule has 3 aromatic heterocycles. The Balaban J connectivity index is 1.99. The number of nitrogens with one attached hydrogen (secondary N) is 1. The molecule has 0 aliphatic rings. The van der Waals surface area contributed by atoms with E-state index in [2.05, 4.69) is 19.9 Å². The van der Waals surface area contributed by atoms with Crippen LogP contribution < -0.4 is 5.56 Å². The minimum absolute atomic E-state index is 0.255. The highest BCUT2D eigenvalue weighted by molar-refractivity contribution is 5.89. The molecule has 124 valence electrons. The number of fused-ring (bicyclic) bond motifs is 2. The Kier molecular flexibility index (Phi) is 3.15. The lowest BCUT2D eigenvalue weighted by Crippen LogP contribution is -2.16. The molecule has 0 amide bonds. The lowest BCUT2D eigenvalue weighted by Gasteiger charge is -2.15. The van der Waals surface area contributed by atoms with Crippen molar-refractivity contribution < 1.29 is 0 Å². The third kappa shape index (κ3) is 2.12. The number of H-pyrrole nitrogens is 1. The van der Waals surface area contributed by atoms with Crippen LogP contribution in [0.25, 0.3) is 39.1 Å². The number of rotatable bonds is 2. The quantitative estimate of drug-likeness (QED) is 0.535. The van der Waals surface area contributed by atoms with Gasteiger partial charge in [0.2, 0.25) is 0 Å². The molecule has 1 N–H and O–H groups in total. The Labute approximate surface area is 147 Å². The molecular weight excluding hydrogens is 326 g/mol. The molecule has 0 spiro atoms. The van der Waals surface area contributed by atoms with Gasteiger partial charge in [-0.2, -0.15) is 4.98 Å². The fourth-order valence-electron chi connectivity index (χ4n) is 3.20. The minimum atomic E-state index is -0.255. The van der Waals surface area contributed by atoms with Crippen molar-refractivity contribution in [2.24, 2.45) is 0 Å². The van der Waals surface area contributed by atoms with Crippen LogP contribution in [0.2, 0.25) is 0 Å². The van der Waals surface area contributed by atoms with E-state index in [9.17, 15) is 4.79 Å². The number of hydrogen-bond donors (Lipinski definition) is 1. The highest BCUT2D eigenvalue weighted by Crippen LogP contribution is 2.27. The second-order valence-corrected chi connectivity index (χ2v) is 5.90. The molecule has 5 aromatic rings. The van der Waals surface area contributed by atoms with Crippen LogP contribution in [0.15, 0.2) is 78.0 Å². The molecule has 6 heteroatoms. The Morgan fingerprint density at radius 2 is 1.65 bits per heavy atom. The van der Waals surface area contributed by atoms with Gasteiger partial charge in [-0.05, 0) is 18.2 Å². The highest BCUT2D eigenvalue weighted by Gasteiger charge is 2.17. The molecule has 0 aliphatic carbocycles. The predicted octanol–water partition coefficient (Wildman–Crippen LogP) is 3.32. The van der Waals surface area contributed by atoms with Gasteiger partial charge < -0.3 is 4.98 Å². The van der Waals surface area contributed by atoms with Crippen molar-refractivity contribution in [1.82, 2.24) is 24.5 Å². The molecule has 2 aromatic carbocycles. The van der Waals surface area contributed by atoms with Gasteiger partial charge in [0.25, 0.3) is 5.56 Å². The van der Waals surface area contributed by atoms with Crippen LogP contribution in [0.4, 0.5) is 0 Å². The number of aromatic nitrogens is 5. The molecule has 6 nitrogen and oxygen atoms in total. The van der Waals surface area contributed by atoms with Crippen molar-refractivity contribution in [3.63, 3.8) is 0 Å². The van der Waals surface area contributed by atoms with E-state index in [0.29, 0.717) is 17.0 Å². The first kappa shape index (κ1) is 14.5. The fraction of sp³-hybridized carbons (Fsp3) is 0. The first-order chi connectivity index (χ1) is 12.8. The zero-order valence-corrected chi connectivity index (χ0v) is 13.6. The molecule has 0 bridgehead atoms. The largest absolute Gasteiger partial charge is 0.346 e. The molecule has 0 saturated heterocycles. The minimum Gasteiger partial charge on any atom is -0.346 e. The summed E-state index contributed by atoms with van der Waals surface area (Å²) in [5.41, 5.74) is 2.08. The van der Waals surface area contributed by atoms with Crippen LogP contribution in [0, 0.1) is 0 Å². The van der Waals surface area contributed by atoms with Crippen LogP contribution in [0.5, 0.6) is 0 Å². The normalized spacial score (nSPS) is 11.2. The summed E-state index contributed by atoms with van der Waals surface area (Å²) >= 11 is 0. The maximum absolute atomic E-state index is 12.6. The zero-order valence-electron chi connectivity index (χ0n) is 13.6. The highest BCUT2D eigenvalue weighted by atomic mass is 16.1. The van der Waals surface area contributed by atoms with Crippen LogP contribution in [-0.4, -0.2) is 24.5 Å². The second kappa shape index (κ2) is 5.63. The molecule has 3 heterocycles. The van der Waals surface area contributed by atoms with Crippen LogP contribution >= 0.6 is 0 Å². The van der Waals surface area contributed by atoms with Gasteiger partial charge in [0, 0.05) is 11.8 Å². The summed E-state index contributed by atoms with van der Waals surface area (Å²) in [5, 5.41) is 1.41. The number of nitrogens with zero attached hydrogens (tertiary/aromatic N) is 4. The molecule has 0 fully saturated rings. The average molecular weight is 339 g/mol. The Morgan fingerprint density at radius 1 is 0.846 bits per heavy atom. The van der Waals surface area contributed by atoms with Crippen LogP contribution in [0.1, 0.15) is 0 Å². The number of para-hydroxylation sites is 1. The number of benzene rings is 2. The second-order valence-electron chi connectivity index (χ2n) is 5.90.